The zero-order valence-corrected chi connectivity index (χ0v) is 21.4. The smallest absolute Gasteiger partial charge is 0.384 e. The van der Waals surface area contributed by atoms with Crippen LogP contribution in [0.4, 0.5) is 24.7 Å². The van der Waals surface area contributed by atoms with Gasteiger partial charge in [0.1, 0.15) is 23.5 Å². The molecule has 2 atom stereocenters. The number of H-pyrrole nitrogens is 1. The molecule has 0 aromatic carbocycles. The molecule has 38 heavy (non-hydrogen) atoms. The molecule has 3 heterocycles. The van der Waals surface area contributed by atoms with Crippen molar-refractivity contribution in [1.82, 2.24) is 25.5 Å². The van der Waals surface area contributed by atoms with Crippen LogP contribution in [0, 0.1) is 0 Å². The molecule has 1 unspecified atom stereocenters. The van der Waals surface area contributed by atoms with E-state index >= 15 is 0 Å². The van der Waals surface area contributed by atoms with Gasteiger partial charge in [-0.3, -0.25) is 23.9 Å². The van der Waals surface area contributed by atoms with Crippen molar-refractivity contribution in [3.05, 3.63) is 55.5 Å². The van der Waals surface area contributed by atoms with Crippen molar-refractivity contribution in [2.75, 3.05) is 25.6 Å². The highest BCUT2D eigenvalue weighted by Gasteiger charge is 2.39. The van der Waals surface area contributed by atoms with E-state index in [2.05, 4.69) is 31.2 Å². The molecular formula is C22H26F3N7O5S. The molecule has 0 fully saturated rings. The number of aromatic amines is 1. The number of hydrogen-bond donors (Lipinski definition) is 5. The molecule has 0 aliphatic carbocycles. The Labute approximate surface area is 218 Å². The number of ether oxygens (including phenoxy) is 1. The van der Waals surface area contributed by atoms with Crippen LogP contribution in [-0.4, -0.2) is 65.3 Å². The van der Waals surface area contributed by atoms with Crippen LogP contribution in [0.25, 0.3) is 0 Å². The summed E-state index contributed by atoms with van der Waals surface area (Å²) < 4.78 is 45.2. The lowest BCUT2D eigenvalue weighted by molar-refractivity contribution is -0.123. The Hall–Kier alpha value is -3.79. The number of alkyl halides is 3. The molecule has 2 aliphatic rings. The summed E-state index contributed by atoms with van der Waals surface area (Å²) in [5.74, 6) is -0.987. The van der Waals surface area contributed by atoms with Gasteiger partial charge >= 0.3 is 11.9 Å². The van der Waals surface area contributed by atoms with Crippen LogP contribution >= 0.6 is 11.8 Å². The molecule has 0 saturated heterocycles. The van der Waals surface area contributed by atoms with Gasteiger partial charge in [-0.25, -0.2) is 9.79 Å². The number of methoxy groups -OCH3 is 1. The number of aromatic nitrogens is 2. The molecule has 0 saturated carbocycles. The second kappa shape index (κ2) is 12.2. The Kier molecular flexibility index (Phi) is 9.22. The third-order valence-electron chi connectivity index (χ3n) is 5.29. The quantitative estimate of drug-likeness (QED) is 0.263. The van der Waals surface area contributed by atoms with E-state index in [0.29, 0.717) is 10.1 Å². The number of nitrogens with one attached hydrogen (secondary N) is 5. The first-order valence-corrected chi connectivity index (χ1v) is 12.2. The molecule has 0 bridgehead atoms. The fourth-order valence-corrected chi connectivity index (χ4v) is 4.43. The Morgan fingerprint density at radius 1 is 1.32 bits per heavy atom. The molecular weight excluding hydrogens is 531 g/mol. The number of thioether (sulfide) groups is 1. The highest BCUT2D eigenvalue weighted by Crippen LogP contribution is 2.34. The minimum atomic E-state index is -4.48. The highest BCUT2D eigenvalue weighted by molar-refractivity contribution is 8.03. The summed E-state index contributed by atoms with van der Waals surface area (Å²) in [6.45, 7) is 1.70. The summed E-state index contributed by atoms with van der Waals surface area (Å²) >= 11 is 1.17. The predicted octanol–water partition coefficient (Wildman–Crippen LogP) is 0.828. The van der Waals surface area contributed by atoms with Crippen molar-refractivity contribution in [1.29, 1.82) is 0 Å². The van der Waals surface area contributed by atoms with Gasteiger partial charge in [-0.15, -0.1) is 11.8 Å². The van der Waals surface area contributed by atoms with Gasteiger partial charge in [0, 0.05) is 30.5 Å². The first kappa shape index (κ1) is 28.8. The van der Waals surface area contributed by atoms with Crippen LogP contribution in [0.3, 0.4) is 0 Å². The van der Waals surface area contributed by atoms with Crippen LogP contribution in [0.2, 0.25) is 0 Å². The van der Waals surface area contributed by atoms with Gasteiger partial charge in [0.15, 0.2) is 11.6 Å². The van der Waals surface area contributed by atoms with E-state index < -0.39 is 59.2 Å². The monoisotopic (exact) mass is 557 g/mol. The van der Waals surface area contributed by atoms with Crippen LogP contribution in [0.5, 0.6) is 0 Å². The number of nitrogens with zero attached hydrogens (tertiary/aromatic N) is 2. The number of dihydropyridines is 1. The van der Waals surface area contributed by atoms with E-state index in [1.54, 1.807) is 12.3 Å². The summed E-state index contributed by atoms with van der Waals surface area (Å²) in [5, 5.41) is 11.8. The third-order valence-corrected chi connectivity index (χ3v) is 6.33. The maximum atomic E-state index is 13.3. The fraction of sp³-hybridized carbons (Fsp3) is 0.409. The van der Waals surface area contributed by atoms with Crippen molar-refractivity contribution >= 4 is 41.2 Å². The van der Waals surface area contributed by atoms with Gasteiger partial charge < -0.3 is 26.0 Å². The molecule has 0 spiro atoms. The zero-order chi connectivity index (χ0) is 28.0. The highest BCUT2D eigenvalue weighted by atomic mass is 32.2. The molecule has 1 aromatic heterocycles. The molecule has 1 aromatic rings. The Balaban J connectivity index is 1.66. The molecule has 3 rings (SSSR count). The van der Waals surface area contributed by atoms with E-state index in [-0.39, 0.29) is 23.9 Å². The average Bonchev–Trinajstić information content (AvgIpc) is 3.29. The molecule has 1 amide bonds. The van der Waals surface area contributed by atoms with Gasteiger partial charge in [0.2, 0.25) is 5.91 Å². The first-order valence-electron chi connectivity index (χ1n) is 11.2. The van der Waals surface area contributed by atoms with E-state index in [9.17, 15) is 32.3 Å². The lowest BCUT2D eigenvalue weighted by Crippen LogP contribution is -2.41. The Bertz CT molecular complexity index is 1330. The summed E-state index contributed by atoms with van der Waals surface area (Å²) in [5.41, 5.74) is -2.29. The van der Waals surface area contributed by atoms with Crippen LogP contribution in [-0.2, 0) is 20.9 Å². The normalized spacial score (nSPS) is 19.3. The van der Waals surface area contributed by atoms with Crippen LogP contribution in [0.15, 0.2) is 49.2 Å². The number of halogens is 3. The Morgan fingerprint density at radius 3 is 2.71 bits per heavy atom. The van der Waals surface area contributed by atoms with Crippen molar-refractivity contribution in [2.45, 2.75) is 38.0 Å². The number of amides is 1. The van der Waals surface area contributed by atoms with Gasteiger partial charge in [-0.05, 0) is 19.9 Å². The topological polar surface area (TPSA) is 159 Å². The SMILES string of the molecule is CC=Nc1[nH]c(=O)n(CC(=O)COC)c(=O)c1NCC(=O)NC1=CSC(C2=CN[C@H](C)C(C(F)(F)F)=C2)N1. The summed E-state index contributed by atoms with van der Waals surface area (Å²) in [4.78, 5) is 55.9. The lowest BCUT2D eigenvalue weighted by Gasteiger charge is -2.26. The third kappa shape index (κ3) is 6.95. The minimum Gasteiger partial charge on any atom is -0.384 e. The maximum absolute atomic E-state index is 13.3. The summed E-state index contributed by atoms with van der Waals surface area (Å²) in [6, 6.07) is -0.888. The first-order chi connectivity index (χ1) is 17.9. The predicted molar refractivity (Wildman–Crippen MR) is 136 cm³/mol. The molecule has 0 radical (unpaired) electrons. The molecule has 2 aliphatic heterocycles. The number of Topliss-reactive ketones (excluding diaryl/α,β-unsaturated/α-hetero) is 1. The molecule has 5 N–H and O–H groups in total. The van der Waals surface area contributed by atoms with E-state index in [0.717, 1.165) is 6.08 Å². The second-order valence-electron chi connectivity index (χ2n) is 8.13. The number of carbonyl (C=O) groups excluding carboxylic acids is 2. The van der Waals surface area contributed by atoms with Crippen molar-refractivity contribution < 1.29 is 27.5 Å². The number of rotatable bonds is 10. The number of ketones is 1. The fourth-order valence-electron chi connectivity index (χ4n) is 3.54. The lowest BCUT2D eigenvalue weighted by atomic mass is 10.0. The maximum Gasteiger partial charge on any atom is 0.414 e. The minimum absolute atomic E-state index is 0.127. The van der Waals surface area contributed by atoms with Crippen LogP contribution in [0.1, 0.15) is 13.8 Å². The van der Waals surface area contributed by atoms with E-state index in [1.165, 1.54) is 38.2 Å². The van der Waals surface area contributed by atoms with E-state index in [1.807, 2.05) is 0 Å². The zero-order valence-electron chi connectivity index (χ0n) is 20.6. The van der Waals surface area contributed by atoms with Crippen molar-refractivity contribution in [3.63, 3.8) is 0 Å². The second-order valence-corrected chi connectivity index (χ2v) is 9.11. The number of carbonyl (C=O) groups is 2. The van der Waals surface area contributed by atoms with Gasteiger partial charge in [0.25, 0.3) is 5.56 Å². The van der Waals surface area contributed by atoms with Gasteiger partial charge in [-0.2, -0.15) is 13.2 Å². The van der Waals surface area contributed by atoms with Crippen molar-refractivity contribution in [2.24, 2.45) is 4.99 Å². The molecule has 206 valence electrons. The average molecular weight is 558 g/mol. The summed E-state index contributed by atoms with van der Waals surface area (Å²) in [6.07, 6.45) is -0.599. The Morgan fingerprint density at radius 2 is 2.05 bits per heavy atom. The van der Waals surface area contributed by atoms with E-state index in [4.69, 9.17) is 4.74 Å². The van der Waals surface area contributed by atoms with Gasteiger partial charge in [-0.1, -0.05) is 0 Å². The summed E-state index contributed by atoms with van der Waals surface area (Å²) in [7, 11) is 1.30. The number of anilines is 1. The molecule has 12 nitrogen and oxygen atoms in total. The number of hydrogen-bond acceptors (Lipinski definition) is 10. The van der Waals surface area contributed by atoms with Gasteiger partial charge in [0.05, 0.1) is 24.7 Å². The molecule has 16 heteroatoms. The largest absolute Gasteiger partial charge is 0.414 e. The van der Waals surface area contributed by atoms with Crippen LogP contribution < -0.4 is 32.5 Å². The van der Waals surface area contributed by atoms with Crippen molar-refractivity contribution in [3.8, 4) is 0 Å². The standard InChI is InChI=1S/C22H26F3N7O5S/c1-4-26-18-17(20(35)32(21(36)31-18)8-13(33)9-37-3)28-7-16(34)29-15-10-38-19(30-15)12-5-14(22(23,24)25)11(2)27-6-12/h4-6,10-11,19,27-28,30H,7-9H2,1-3H3,(H,29,34)(H,31,36)/t11-,19?/m1/s1. The number of aliphatic imine (C=N–C) groups is 1.